The molecule has 6 heteroatoms. The number of hydrogen-bond acceptors (Lipinski definition) is 5. The van der Waals surface area contributed by atoms with Crippen molar-refractivity contribution in [3.63, 3.8) is 0 Å². The highest BCUT2D eigenvalue weighted by Crippen LogP contribution is 2.21. The summed E-state index contributed by atoms with van der Waals surface area (Å²) < 4.78 is 0.786. The fourth-order valence-corrected chi connectivity index (χ4v) is 2.46. The van der Waals surface area contributed by atoms with Crippen molar-refractivity contribution >= 4 is 33.1 Å². The van der Waals surface area contributed by atoms with Crippen LogP contribution in [0.4, 0.5) is 5.82 Å². The van der Waals surface area contributed by atoms with Crippen LogP contribution in [0.1, 0.15) is 23.8 Å². The van der Waals surface area contributed by atoms with Crippen LogP contribution >= 0.6 is 27.3 Å². The molecule has 0 spiro atoms. The van der Waals surface area contributed by atoms with Crippen molar-refractivity contribution in [1.29, 1.82) is 0 Å². The van der Waals surface area contributed by atoms with E-state index in [-0.39, 0.29) is 6.04 Å². The first-order chi connectivity index (χ1) is 7.65. The molecule has 0 saturated heterocycles. The van der Waals surface area contributed by atoms with Gasteiger partial charge < -0.3 is 5.32 Å². The summed E-state index contributed by atoms with van der Waals surface area (Å²) in [5.41, 5.74) is 0. The summed E-state index contributed by atoms with van der Waals surface area (Å²) >= 11 is 4.98. The lowest BCUT2D eigenvalue weighted by molar-refractivity contribution is 0.853. The van der Waals surface area contributed by atoms with Crippen LogP contribution in [0, 0.1) is 6.92 Å². The monoisotopic (exact) mass is 298 g/mol. The molecule has 0 fully saturated rings. The molecule has 84 valence electrons. The van der Waals surface area contributed by atoms with E-state index in [0.29, 0.717) is 0 Å². The fraction of sp³-hybridized carbons (Fsp3) is 0.300. The zero-order chi connectivity index (χ0) is 11.5. The lowest BCUT2D eigenvalue weighted by Gasteiger charge is -2.12. The Morgan fingerprint density at radius 2 is 2.25 bits per heavy atom. The zero-order valence-electron chi connectivity index (χ0n) is 8.94. The van der Waals surface area contributed by atoms with Crippen molar-refractivity contribution < 1.29 is 0 Å². The minimum Gasteiger partial charge on any atom is -0.361 e. The Morgan fingerprint density at radius 3 is 2.88 bits per heavy atom. The molecule has 2 rings (SSSR count). The average molecular weight is 299 g/mol. The molecule has 0 bridgehead atoms. The van der Waals surface area contributed by atoms with Gasteiger partial charge in [0, 0.05) is 17.6 Å². The lowest BCUT2D eigenvalue weighted by Crippen LogP contribution is -2.08. The van der Waals surface area contributed by atoms with Crippen molar-refractivity contribution in [2.24, 2.45) is 0 Å². The fourth-order valence-electron chi connectivity index (χ4n) is 1.34. The molecule has 0 aliphatic heterocycles. The molecule has 2 aromatic heterocycles. The topological polar surface area (TPSA) is 50.7 Å². The van der Waals surface area contributed by atoms with E-state index in [9.17, 15) is 0 Å². The molecule has 1 N–H and O–H groups in total. The highest BCUT2D eigenvalue weighted by Gasteiger charge is 2.09. The highest BCUT2D eigenvalue weighted by molar-refractivity contribution is 9.10. The first-order valence-corrected chi connectivity index (χ1v) is 6.49. The van der Waals surface area contributed by atoms with Gasteiger partial charge in [-0.25, -0.2) is 15.0 Å². The van der Waals surface area contributed by atoms with Crippen LogP contribution in [0.25, 0.3) is 0 Å². The van der Waals surface area contributed by atoms with E-state index in [1.165, 1.54) is 0 Å². The minimum absolute atomic E-state index is 0.154. The Hall–Kier alpha value is -1.01. The number of anilines is 1. The molecule has 4 nitrogen and oxygen atoms in total. The zero-order valence-corrected chi connectivity index (χ0v) is 11.3. The molecule has 1 atom stereocenters. The average Bonchev–Trinajstić information content (AvgIpc) is 2.68. The summed E-state index contributed by atoms with van der Waals surface area (Å²) in [5.74, 6) is 1.55. The van der Waals surface area contributed by atoms with Gasteiger partial charge in [0.1, 0.15) is 21.3 Å². The van der Waals surface area contributed by atoms with Crippen LogP contribution in [-0.2, 0) is 0 Å². The lowest BCUT2D eigenvalue weighted by atomic mass is 10.3. The maximum atomic E-state index is 4.31. The van der Waals surface area contributed by atoms with Gasteiger partial charge in [0.15, 0.2) is 0 Å². The number of rotatable bonds is 3. The Labute approximate surface area is 106 Å². The van der Waals surface area contributed by atoms with Gasteiger partial charge in [-0.15, -0.1) is 11.3 Å². The largest absolute Gasteiger partial charge is 0.361 e. The molecule has 0 aromatic carbocycles. The normalized spacial score (nSPS) is 12.4. The quantitative estimate of drug-likeness (QED) is 0.884. The molecule has 2 aromatic rings. The van der Waals surface area contributed by atoms with E-state index >= 15 is 0 Å². The number of thiazole rings is 1. The van der Waals surface area contributed by atoms with Gasteiger partial charge >= 0.3 is 0 Å². The molecule has 1 unspecified atom stereocenters. The van der Waals surface area contributed by atoms with Gasteiger partial charge in [0.2, 0.25) is 0 Å². The van der Waals surface area contributed by atoms with Crippen LogP contribution < -0.4 is 5.32 Å². The van der Waals surface area contributed by atoms with E-state index in [4.69, 9.17) is 0 Å². The van der Waals surface area contributed by atoms with Crippen LogP contribution in [0.15, 0.2) is 22.2 Å². The molecule has 16 heavy (non-hydrogen) atoms. The molecule has 0 saturated carbocycles. The third-order valence-corrected chi connectivity index (χ3v) is 3.36. The van der Waals surface area contributed by atoms with E-state index in [1.807, 2.05) is 18.4 Å². The molecule has 2 heterocycles. The number of hydrogen-bond donors (Lipinski definition) is 1. The molecule has 0 amide bonds. The van der Waals surface area contributed by atoms with Gasteiger partial charge in [0.05, 0.1) is 6.04 Å². The summed E-state index contributed by atoms with van der Waals surface area (Å²) in [7, 11) is 0. The second-order valence-electron chi connectivity index (χ2n) is 3.36. The van der Waals surface area contributed by atoms with Crippen molar-refractivity contribution in [3.05, 3.63) is 33.1 Å². The Morgan fingerprint density at radius 1 is 1.44 bits per heavy atom. The van der Waals surface area contributed by atoms with Gasteiger partial charge in [-0.05, 0) is 29.8 Å². The molecule has 0 aliphatic carbocycles. The van der Waals surface area contributed by atoms with Crippen LogP contribution in [0.5, 0.6) is 0 Å². The van der Waals surface area contributed by atoms with Crippen molar-refractivity contribution in [2.45, 2.75) is 19.9 Å². The number of nitrogens with zero attached hydrogens (tertiary/aromatic N) is 3. The summed E-state index contributed by atoms with van der Waals surface area (Å²) in [6.45, 7) is 3.92. The SMILES string of the molecule is Cc1nc(Br)cc(NC(C)c2nccs2)n1. The molecular weight excluding hydrogens is 288 g/mol. The first kappa shape index (κ1) is 11.5. The minimum atomic E-state index is 0.154. The van der Waals surface area contributed by atoms with E-state index in [2.05, 4.69) is 43.1 Å². The first-order valence-electron chi connectivity index (χ1n) is 4.82. The van der Waals surface area contributed by atoms with Crippen LogP contribution in [-0.4, -0.2) is 15.0 Å². The predicted molar refractivity (Wildman–Crippen MR) is 68.6 cm³/mol. The third kappa shape index (κ3) is 2.76. The van der Waals surface area contributed by atoms with Gasteiger partial charge in [0.25, 0.3) is 0 Å². The van der Waals surface area contributed by atoms with Gasteiger partial charge in [-0.2, -0.15) is 0 Å². The number of aryl methyl sites for hydroxylation is 1. The van der Waals surface area contributed by atoms with Crippen molar-refractivity contribution in [3.8, 4) is 0 Å². The predicted octanol–water partition coefficient (Wildman–Crippen LogP) is 3.18. The second-order valence-corrected chi connectivity index (χ2v) is 5.10. The Kier molecular flexibility index (Phi) is 3.50. The summed E-state index contributed by atoms with van der Waals surface area (Å²) in [6.07, 6.45) is 1.80. The smallest absolute Gasteiger partial charge is 0.131 e. The van der Waals surface area contributed by atoms with Crippen molar-refractivity contribution in [1.82, 2.24) is 15.0 Å². The Bertz CT molecular complexity index is 451. The standard InChI is InChI=1S/C10H11BrN4S/c1-6(10-12-3-4-16-10)13-9-5-8(11)14-7(2)15-9/h3-6H,1-2H3,(H,13,14,15). The Balaban J connectivity index is 2.15. The molecule has 0 radical (unpaired) electrons. The summed E-state index contributed by atoms with van der Waals surface area (Å²) in [6, 6.07) is 2.01. The highest BCUT2D eigenvalue weighted by atomic mass is 79.9. The number of halogens is 1. The third-order valence-electron chi connectivity index (χ3n) is 1.99. The van der Waals surface area contributed by atoms with E-state index in [0.717, 1.165) is 21.3 Å². The second kappa shape index (κ2) is 4.88. The van der Waals surface area contributed by atoms with E-state index < -0.39 is 0 Å². The van der Waals surface area contributed by atoms with Crippen LogP contribution in [0.3, 0.4) is 0 Å². The maximum absolute atomic E-state index is 4.31. The van der Waals surface area contributed by atoms with Gasteiger partial charge in [-0.3, -0.25) is 0 Å². The van der Waals surface area contributed by atoms with E-state index in [1.54, 1.807) is 17.5 Å². The summed E-state index contributed by atoms with van der Waals surface area (Å²) in [5, 5.41) is 6.31. The number of nitrogens with one attached hydrogen (secondary N) is 1. The van der Waals surface area contributed by atoms with Crippen LogP contribution in [0.2, 0.25) is 0 Å². The molecular formula is C10H11BrN4S. The van der Waals surface area contributed by atoms with Crippen molar-refractivity contribution in [2.75, 3.05) is 5.32 Å². The maximum Gasteiger partial charge on any atom is 0.131 e. The van der Waals surface area contributed by atoms with Gasteiger partial charge in [-0.1, -0.05) is 0 Å². The summed E-state index contributed by atoms with van der Waals surface area (Å²) in [4.78, 5) is 12.7. The molecule has 0 aliphatic rings. The number of aromatic nitrogens is 3.